The summed E-state index contributed by atoms with van der Waals surface area (Å²) in [4.78, 5) is 38.0. The van der Waals surface area contributed by atoms with Crippen LogP contribution < -0.4 is 5.32 Å². The Balaban J connectivity index is 1.04. The molecular formula is C29H27FN8O3S. The van der Waals surface area contributed by atoms with Crippen LogP contribution >= 0.6 is 11.3 Å². The molecule has 214 valence electrons. The summed E-state index contributed by atoms with van der Waals surface area (Å²) in [7, 11) is 0. The van der Waals surface area contributed by atoms with Crippen LogP contribution in [0.4, 0.5) is 10.1 Å². The molecule has 1 aromatic carbocycles. The third-order valence-electron chi connectivity index (χ3n) is 7.87. The van der Waals surface area contributed by atoms with Crippen LogP contribution in [0.3, 0.4) is 0 Å². The first-order valence-electron chi connectivity index (χ1n) is 13.8. The summed E-state index contributed by atoms with van der Waals surface area (Å²) in [5, 5.41) is 19.7. The van der Waals surface area contributed by atoms with Crippen LogP contribution in [0, 0.1) is 18.8 Å². The molecule has 2 aliphatic rings. The minimum atomic E-state index is -1.06. The number of aryl methyl sites for hydroxylation is 1. The lowest BCUT2D eigenvalue weighted by molar-refractivity contribution is -0.117. The predicted molar refractivity (Wildman–Crippen MR) is 153 cm³/mol. The third-order valence-corrected chi connectivity index (χ3v) is 8.57. The number of benzene rings is 1. The average molecular weight is 587 g/mol. The second-order valence-electron chi connectivity index (χ2n) is 10.8. The molecule has 5 heterocycles. The van der Waals surface area contributed by atoms with Gasteiger partial charge in [-0.05, 0) is 90.0 Å². The van der Waals surface area contributed by atoms with Crippen LogP contribution in [-0.4, -0.2) is 66.2 Å². The normalized spacial score (nSPS) is 19.6. The van der Waals surface area contributed by atoms with Gasteiger partial charge in [-0.1, -0.05) is 0 Å². The van der Waals surface area contributed by atoms with E-state index in [0.717, 1.165) is 18.4 Å². The number of hydrogen-bond donors (Lipinski definition) is 1. The molecule has 1 aliphatic carbocycles. The molecule has 1 aliphatic heterocycles. The monoisotopic (exact) mass is 586 g/mol. The van der Waals surface area contributed by atoms with Gasteiger partial charge in [0, 0.05) is 30.5 Å². The van der Waals surface area contributed by atoms with Gasteiger partial charge >= 0.3 is 0 Å². The summed E-state index contributed by atoms with van der Waals surface area (Å²) in [5.74, 6) is 0.162. The van der Waals surface area contributed by atoms with E-state index in [4.69, 9.17) is 4.42 Å². The summed E-state index contributed by atoms with van der Waals surface area (Å²) < 4.78 is 19.2. The van der Waals surface area contributed by atoms with Crippen molar-refractivity contribution in [3.63, 3.8) is 0 Å². The van der Waals surface area contributed by atoms with Crippen molar-refractivity contribution >= 4 is 39.9 Å². The molecule has 1 N–H and O–H groups in total. The summed E-state index contributed by atoms with van der Waals surface area (Å²) in [6.07, 6.45) is 2.36. The minimum Gasteiger partial charge on any atom is -0.436 e. The molecule has 11 nitrogen and oxygen atoms in total. The molecule has 2 fully saturated rings. The van der Waals surface area contributed by atoms with E-state index in [-0.39, 0.29) is 30.2 Å². The Hall–Kier alpha value is -4.52. The SMILES string of the molecule is Cc1nnn(C(c2ccsc2)C2CCN(C(=O)c3cc(-c4nc5cc(NC(=O)[C@@H]6C[C@@H]6F)ccc5o4)ccn3)CC2)n1. The number of pyridine rings is 1. The van der Waals surface area contributed by atoms with Crippen molar-refractivity contribution in [2.24, 2.45) is 11.8 Å². The molecule has 1 unspecified atom stereocenters. The van der Waals surface area contributed by atoms with E-state index < -0.39 is 12.1 Å². The van der Waals surface area contributed by atoms with Crippen molar-refractivity contribution < 1.29 is 18.4 Å². The second-order valence-corrected chi connectivity index (χ2v) is 11.5. The van der Waals surface area contributed by atoms with Gasteiger partial charge in [-0.25, -0.2) is 9.37 Å². The number of thiophene rings is 1. The van der Waals surface area contributed by atoms with Crippen molar-refractivity contribution in [3.8, 4) is 11.5 Å². The van der Waals surface area contributed by atoms with E-state index in [1.165, 1.54) is 0 Å². The minimum absolute atomic E-state index is 0.0292. The lowest BCUT2D eigenvalue weighted by Crippen LogP contribution is -2.41. The lowest BCUT2D eigenvalue weighted by atomic mass is 9.86. The van der Waals surface area contributed by atoms with Gasteiger partial charge < -0.3 is 14.6 Å². The molecule has 42 heavy (non-hydrogen) atoms. The Morgan fingerprint density at radius 2 is 2.00 bits per heavy atom. The number of tetrazole rings is 1. The Bertz CT molecular complexity index is 1760. The van der Waals surface area contributed by atoms with Crippen LogP contribution in [-0.2, 0) is 4.79 Å². The van der Waals surface area contributed by atoms with Crippen LogP contribution in [0.25, 0.3) is 22.6 Å². The zero-order valence-corrected chi connectivity index (χ0v) is 23.5. The molecular weight excluding hydrogens is 559 g/mol. The Labute approximate surface area is 243 Å². The fourth-order valence-electron chi connectivity index (χ4n) is 5.51. The number of piperidine rings is 1. The van der Waals surface area contributed by atoms with Crippen LogP contribution in [0.1, 0.15) is 47.2 Å². The maximum absolute atomic E-state index is 13.5. The van der Waals surface area contributed by atoms with Gasteiger partial charge in [0.2, 0.25) is 11.8 Å². The number of carbonyl (C=O) groups excluding carboxylic acids is 2. The van der Waals surface area contributed by atoms with Crippen molar-refractivity contribution in [3.05, 3.63) is 70.4 Å². The average Bonchev–Trinajstić information content (AvgIpc) is 3.41. The van der Waals surface area contributed by atoms with E-state index >= 15 is 0 Å². The number of anilines is 1. The second kappa shape index (κ2) is 10.7. The maximum atomic E-state index is 13.5. The zero-order valence-electron chi connectivity index (χ0n) is 22.7. The molecule has 3 atom stereocenters. The summed E-state index contributed by atoms with van der Waals surface area (Å²) >= 11 is 1.64. The van der Waals surface area contributed by atoms with E-state index in [1.54, 1.807) is 52.7 Å². The number of nitrogens with zero attached hydrogens (tertiary/aromatic N) is 7. The van der Waals surface area contributed by atoms with E-state index in [9.17, 15) is 14.0 Å². The number of hydrogen-bond acceptors (Lipinski definition) is 9. The van der Waals surface area contributed by atoms with Gasteiger partial charge in [-0.2, -0.15) is 16.1 Å². The first kappa shape index (κ1) is 26.4. The first-order valence-corrected chi connectivity index (χ1v) is 14.8. The maximum Gasteiger partial charge on any atom is 0.272 e. The quantitative estimate of drug-likeness (QED) is 0.291. The number of halogens is 1. The largest absolute Gasteiger partial charge is 0.436 e. The van der Waals surface area contributed by atoms with Crippen LogP contribution in [0.5, 0.6) is 0 Å². The van der Waals surface area contributed by atoms with E-state index in [0.29, 0.717) is 52.8 Å². The molecule has 13 heteroatoms. The fourth-order valence-corrected chi connectivity index (χ4v) is 6.20. The Morgan fingerprint density at radius 3 is 2.71 bits per heavy atom. The number of rotatable bonds is 7. The molecule has 7 rings (SSSR count). The van der Waals surface area contributed by atoms with Crippen molar-refractivity contribution in [2.75, 3.05) is 18.4 Å². The van der Waals surface area contributed by atoms with Gasteiger partial charge in [-0.15, -0.1) is 10.2 Å². The van der Waals surface area contributed by atoms with E-state index in [1.807, 2.05) is 17.2 Å². The van der Waals surface area contributed by atoms with Crippen molar-refractivity contribution in [2.45, 2.75) is 38.4 Å². The molecule has 1 saturated carbocycles. The zero-order chi connectivity index (χ0) is 28.8. The number of fused-ring (bicyclic) bond motifs is 1. The number of carbonyl (C=O) groups is 2. The smallest absolute Gasteiger partial charge is 0.272 e. The third kappa shape index (κ3) is 5.15. The molecule has 4 aromatic heterocycles. The molecule has 1 saturated heterocycles. The number of alkyl halides is 1. The Kier molecular flexibility index (Phi) is 6.73. The number of likely N-dealkylation sites (tertiary alicyclic amines) is 1. The lowest BCUT2D eigenvalue weighted by Gasteiger charge is -2.35. The number of nitrogens with one attached hydrogen (secondary N) is 1. The van der Waals surface area contributed by atoms with Gasteiger partial charge in [-0.3, -0.25) is 14.6 Å². The number of amides is 2. The molecule has 2 amide bonds. The van der Waals surface area contributed by atoms with Gasteiger partial charge in [0.25, 0.3) is 5.91 Å². The fraction of sp³-hybridized carbons (Fsp3) is 0.345. The highest BCUT2D eigenvalue weighted by molar-refractivity contribution is 7.08. The van der Waals surface area contributed by atoms with Crippen molar-refractivity contribution in [1.29, 1.82) is 0 Å². The highest BCUT2D eigenvalue weighted by atomic mass is 32.1. The van der Waals surface area contributed by atoms with Crippen LogP contribution in [0.2, 0.25) is 0 Å². The summed E-state index contributed by atoms with van der Waals surface area (Å²) in [6.45, 7) is 3.00. The highest BCUT2D eigenvalue weighted by Gasteiger charge is 2.43. The number of oxazole rings is 1. The summed E-state index contributed by atoms with van der Waals surface area (Å²) in [5.41, 5.74) is 3.68. The van der Waals surface area contributed by atoms with Crippen LogP contribution in [0.15, 0.2) is 57.8 Å². The predicted octanol–water partition coefficient (Wildman–Crippen LogP) is 4.68. The molecule has 0 spiro atoms. The van der Waals surface area contributed by atoms with E-state index in [2.05, 4.69) is 42.1 Å². The Morgan fingerprint density at radius 1 is 1.17 bits per heavy atom. The summed E-state index contributed by atoms with van der Waals surface area (Å²) in [6, 6.07) is 10.6. The topological polar surface area (TPSA) is 132 Å². The number of aromatic nitrogens is 6. The van der Waals surface area contributed by atoms with Gasteiger partial charge in [0.1, 0.15) is 23.4 Å². The van der Waals surface area contributed by atoms with Gasteiger partial charge in [0.05, 0.1) is 5.92 Å². The standard InChI is InChI=1S/C29H27FN8O3S/c1-16-34-36-38(35-16)26(19-7-11-42-15-19)17-5-9-37(10-6-17)29(40)24-12-18(4-8-31-24)28-33-23-13-20(2-3-25(23)41-28)32-27(39)21-14-22(21)30/h2-4,7-8,11-13,15,17,21-22,26H,5-6,9-10,14H2,1H3,(H,32,39)/t21-,22+,26?/m1/s1. The molecule has 0 radical (unpaired) electrons. The van der Waals surface area contributed by atoms with Crippen molar-refractivity contribution in [1.82, 2.24) is 35.1 Å². The van der Waals surface area contributed by atoms with Gasteiger partial charge in [0.15, 0.2) is 11.4 Å². The molecule has 0 bridgehead atoms. The molecule has 5 aromatic rings. The highest BCUT2D eigenvalue weighted by Crippen LogP contribution is 2.36. The first-order chi connectivity index (χ1) is 20.4.